The largest absolute Gasteiger partial charge is 0.378 e. The number of benzene rings is 1. The Bertz CT molecular complexity index is 576. The first-order valence-corrected chi connectivity index (χ1v) is 7.65. The molecule has 0 unspecified atom stereocenters. The summed E-state index contributed by atoms with van der Waals surface area (Å²) in [5.41, 5.74) is 5.49. The molecule has 0 spiro atoms. The van der Waals surface area contributed by atoms with E-state index >= 15 is 0 Å². The van der Waals surface area contributed by atoms with Crippen molar-refractivity contribution in [3.05, 3.63) is 30.5 Å². The fraction of sp³-hybridized carbons (Fsp3) is 0.500. The molecule has 0 bridgehead atoms. The van der Waals surface area contributed by atoms with Gasteiger partial charge in [0.1, 0.15) is 0 Å². The number of rotatable bonds is 5. The molecule has 0 atom stereocenters. The van der Waals surface area contributed by atoms with Crippen LogP contribution in [0.1, 0.15) is 19.3 Å². The Kier molecular flexibility index (Phi) is 4.62. The van der Waals surface area contributed by atoms with Gasteiger partial charge in [0.15, 0.2) is 5.82 Å². The lowest BCUT2D eigenvalue weighted by Gasteiger charge is -2.33. The first-order valence-electron chi connectivity index (χ1n) is 7.65. The van der Waals surface area contributed by atoms with Crippen molar-refractivity contribution in [3.8, 4) is 0 Å². The van der Waals surface area contributed by atoms with Gasteiger partial charge in [-0.25, -0.2) is 0 Å². The van der Waals surface area contributed by atoms with E-state index in [0.29, 0.717) is 12.6 Å². The summed E-state index contributed by atoms with van der Waals surface area (Å²) in [6.45, 7) is 3.41. The molecular formula is C16H22N4O. The normalized spacial score (nSPS) is 16.5. The van der Waals surface area contributed by atoms with Gasteiger partial charge in [0.05, 0.1) is 12.3 Å². The van der Waals surface area contributed by atoms with Crippen LogP contribution in [0.25, 0.3) is 10.8 Å². The number of nitrogens with zero attached hydrogens (tertiary/aromatic N) is 3. The smallest absolute Gasteiger partial charge is 0.159 e. The number of fused-ring (bicyclic) bond motifs is 1. The molecule has 5 heteroatoms. The van der Waals surface area contributed by atoms with E-state index in [1.165, 1.54) is 5.39 Å². The van der Waals surface area contributed by atoms with Gasteiger partial charge in [-0.15, -0.1) is 5.10 Å². The summed E-state index contributed by atoms with van der Waals surface area (Å²) in [5.74, 6) is 0.994. The monoisotopic (exact) mass is 286 g/mol. The summed E-state index contributed by atoms with van der Waals surface area (Å²) in [5, 5.41) is 10.8. The predicted molar refractivity (Wildman–Crippen MR) is 84.4 cm³/mol. The van der Waals surface area contributed by atoms with E-state index in [-0.39, 0.29) is 0 Å². The van der Waals surface area contributed by atoms with E-state index in [1.54, 1.807) is 0 Å². The molecule has 5 nitrogen and oxygen atoms in total. The highest BCUT2D eigenvalue weighted by molar-refractivity contribution is 5.91. The van der Waals surface area contributed by atoms with Crippen LogP contribution in [0.4, 0.5) is 5.82 Å². The molecular weight excluding hydrogens is 264 g/mol. The van der Waals surface area contributed by atoms with Crippen LogP contribution in [0, 0.1) is 0 Å². The minimum atomic E-state index is 0.357. The van der Waals surface area contributed by atoms with Crippen LogP contribution in [0.15, 0.2) is 30.5 Å². The molecule has 1 fully saturated rings. The van der Waals surface area contributed by atoms with Gasteiger partial charge in [0, 0.05) is 30.5 Å². The van der Waals surface area contributed by atoms with E-state index in [0.717, 1.165) is 50.2 Å². The van der Waals surface area contributed by atoms with E-state index in [9.17, 15) is 0 Å². The second-order valence-electron chi connectivity index (χ2n) is 5.45. The van der Waals surface area contributed by atoms with Gasteiger partial charge in [-0.3, -0.25) is 0 Å². The molecule has 0 radical (unpaired) electrons. The summed E-state index contributed by atoms with van der Waals surface area (Å²) >= 11 is 0. The summed E-state index contributed by atoms with van der Waals surface area (Å²) in [6, 6.07) is 8.28. The van der Waals surface area contributed by atoms with Crippen molar-refractivity contribution < 1.29 is 4.74 Å². The van der Waals surface area contributed by atoms with Crippen LogP contribution in [-0.2, 0) is 4.74 Å². The lowest BCUT2D eigenvalue weighted by Crippen LogP contribution is -2.38. The van der Waals surface area contributed by atoms with Crippen LogP contribution in [0.2, 0.25) is 0 Å². The Morgan fingerprint density at radius 3 is 2.86 bits per heavy atom. The number of piperidine rings is 1. The van der Waals surface area contributed by atoms with Crippen molar-refractivity contribution >= 4 is 16.6 Å². The van der Waals surface area contributed by atoms with Gasteiger partial charge in [0.2, 0.25) is 0 Å². The second-order valence-corrected chi connectivity index (χ2v) is 5.45. The number of ether oxygens (including phenoxy) is 1. The van der Waals surface area contributed by atoms with Crippen molar-refractivity contribution in [1.29, 1.82) is 0 Å². The van der Waals surface area contributed by atoms with Crippen LogP contribution in [0.5, 0.6) is 0 Å². The van der Waals surface area contributed by atoms with Crippen molar-refractivity contribution in [1.82, 2.24) is 10.2 Å². The molecule has 0 saturated carbocycles. The molecule has 0 amide bonds. The first-order chi connectivity index (χ1) is 10.4. The molecule has 3 rings (SSSR count). The average molecular weight is 286 g/mol. The van der Waals surface area contributed by atoms with Crippen molar-refractivity contribution in [2.24, 2.45) is 5.73 Å². The standard InChI is InChI=1S/C16H22N4O/c17-8-3-11-21-14-6-9-20(10-7-14)16-15-5-2-1-4-13(15)12-18-19-16/h1-2,4-5,12,14H,3,6-11,17H2. The van der Waals surface area contributed by atoms with Crippen LogP contribution < -0.4 is 10.6 Å². The highest BCUT2D eigenvalue weighted by Crippen LogP contribution is 2.26. The Morgan fingerprint density at radius 2 is 2.05 bits per heavy atom. The maximum absolute atomic E-state index is 5.85. The molecule has 1 aliphatic rings. The quantitative estimate of drug-likeness (QED) is 0.851. The molecule has 112 valence electrons. The number of hydrogen-bond acceptors (Lipinski definition) is 5. The molecule has 2 N–H and O–H groups in total. The van der Waals surface area contributed by atoms with Gasteiger partial charge >= 0.3 is 0 Å². The molecule has 0 aliphatic carbocycles. The predicted octanol–water partition coefficient (Wildman–Crippen LogP) is 1.96. The van der Waals surface area contributed by atoms with Gasteiger partial charge in [-0.1, -0.05) is 24.3 Å². The molecule has 1 aromatic heterocycles. The topological polar surface area (TPSA) is 64.3 Å². The number of anilines is 1. The maximum Gasteiger partial charge on any atom is 0.159 e. The van der Waals surface area contributed by atoms with Gasteiger partial charge in [-0.05, 0) is 25.8 Å². The Balaban J connectivity index is 1.66. The molecule has 2 heterocycles. The van der Waals surface area contributed by atoms with Crippen LogP contribution >= 0.6 is 0 Å². The lowest BCUT2D eigenvalue weighted by atomic mass is 10.1. The maximum atomic E-state index is 5.85. The SMILES string of the molecule is NCCCOC1CCN(c2nncc3ccccc23)CC1. The van der Waals surface area contributed by atoms with Crippen LogP contribution in [0.3, 0.4) is 0 Å². The van der Waals surface area contributed by atoms with Gasteiger partial charge in [0.25, 0.3) is 0 Å². The summed E-state index contributed by atoms with van der Waals surface area (Å²) in [4.78, 5) is 2.32. The molecule has 1 aliphatic heterocycles. The van der Waals surface area contributed by atoms with Crippen molar-refractivity contribution in [3.63, 3.8) is 0 Å². The third kappa shape index (κ3) is 3.31. The van der Waals surface area contributed by atoms with E-state index < -0.39 is 0 Å². The zero-order valence-electron chi connectivity index (χ0n) is 12.2. The second kappa shape index (κ2) is 6.83. The highest BCUT2D eigenvalue weighted by atomic mass is 16.5. The zero-order chi connectivity index (χ0) is 14.5. The van der Waals surface area contributed by atoms with E-state index in [1.807, 2.05) is 12.3 Å². The highest BCUT2D eigenvalue weighted by Gasteiger charge is 2.21. The fourth-order valence-electron chi connectivity index (χ4n) is 2.81. The fourth-order valence-corrected chi connectivity index (χ4v) is 2.81. The number of nitrogens with two attached hydrogens (primary N) is 1. The van der Waals surface area contributed by atoms with Gasteiger partial charge in [-0.2, -0.15) is 5.10 Å². The van der Waals surface area contributed by atoms with E-state index in [2.05, 4.69) is 33.3 Å². The number of aromatic nitrogens is 2. The Hall–Kier alpha value is -1.72. The van der Waals surface area contributed by atoms with Crippen molar-refractivity contribution in [2.75, 3.05) is 31.1 Å². The van der Waals surface area contributed by atoms with Gasteiger partial charge < -0.3 is 15.4 Å². The minimum absolute atomic E-state index is 0.357. The molecule has 1 aromatic carbocycles. The number of hydrogen-bond donors (Lipinski definition) is 1. The average Bonchev–Trinajstić information content (AvgIpc) is 2.55. The van der Waals surface area contributed by atoms with E-state index in [4.69, 9.17) is 10.5 Å². The third-order valence-corrected chi connectivity index (χ3v) is 3.99. The van der Waals surface area contributed by atoms with Crippen molar-refractivity contribution in [2.45, 2.75) is 25.4 Å². The summed E-state index contributed by atoms with van der Waals surface area (Å²) < 4.78 is 5.85. The lowest BCUT2D eigenvalue weighted by molar-refractivity contribution is 0.0366. The molecule has 2 aromatic rings. The summed E-state index contributed by atoms with van der Waals surface area (Å²) in [7, 11) is 0. The Morgan fingerprint density at radius 1 is 1.24 bits per heavy atom. The molecule has 21 heavy (non-hydrogen) atoms. The Labute approximate surface area is 125 Å². The first kappa shape index (κ1) is 14.2. The molecule has 1 saturated heterocycles. The zero-order valence-corrected chi connectivity index (χ0v) is 12.2. The third-order valence-electron chi connectivity index (χ3n) is 3.99. The minimum Gasteiger partial charge on any atom is -0.378 e. The van der Waals surface area contributed by atoms with Crippen LogP contribution in [-0.4, -0.2) is 42.5 Å². The summed E-state index contributed by atoms with van der Waals surface area (Å²) in [6.07, 6.45) is 5.19.